The summed E-state index contributed by atoms with van der Waals surface area (Å²) in [4.78, 5) is 23.4. The fourth-order valence-corrected chi connectivity index (χ4v) is 2.32. The summed E-state index contributed by atoms with van der Waals surface area (Å²) in [6, 6.07) is 7.35. The summed E-state index contributed by atoms with van der Waals surface area (Å²) in [5, 5.41) is 15.4. The number of aliphatic hydroxyl groups is 1. The first-order chi connectivity index (χ1) is 11.4. The summed E-state index contributed by atoms with van der Waals surface area (Å²) in [5.41, 5.74) is 0.0580. The molecule has 0 saturated heterocycles. The van der Waals surface area contributed by atoms with Gasteiger partial charge >= 0.3 is 0 Å². The molecule has 2 rings (SSSR count). The van der Waals surface area contributed by atoms with Gasteiger partial charge in [-0.15, -0.1) is 0 Å². The topological polar surface area (TPSA) is 87.7 Å². The van der Waals surface area contributed by atoms with E-state index in [0.29, 0.717) is 6.54 Å². The van der Waals surface area contributed by atoms with Gasteiger partial charge in [-0.3, -0.25) is 9.59 Å². The smallest absolute Gasteiger partial charge is 0.244 e. The van der Waals surface area contributed by atoms with Crippen LogP contribution in [0.25, 0.3) is 0 Å². The Morgan fingerprint density at radius 2 is 1.79 bits per heavy atom. The molecular formula is C18H24N2O4. The maximum Gasteiger partial charge on any atom is 0.244 e. The van der Waals surface area contributed by atoms with E-state index in [2.05, 4.69) is 10.6 Å². The molecule has 1 aromatic rings. The average molecular weight is 332 g/mol. The SMILES string of the molecule is COc1ccc(CNC(=O)C=CC(=O)NCC(C)(O)C2CC2)cc1. The third kappa shape index (κ3) is 5.70. The van der Waals surface area contributed by atoms with Gasteiger partial charge in [0, 0.05) is 25.2 Å². The molecule has 1 atom stereocenters. The monoisotopic (exact) mass is 332 g/mol. The summed E-state index contributed by atoms with van der Waals surface area (Å²) < 4.78 is 5.06. The molecule has 1 aliphatic rings. The first kappa shape index (κ1) is 18.0. The van der Waals surface area contributed by atoms with Crippen molar-refractivity contribution in [2.45, 2.75) is 31.9 Å². The van der Waals surface area contributed by atoms with E-state index in [4.69, 9.17) is 4.74 Å². The van der Waals surface area contributed by atoms with Crippen molar-refractivity contribution >= 4 is 11.8 Å². The normalized spacial score (nSPS) is 16.5. The average Bonchev–Trinajstić information content (AvgIpc) is 3.42. The molecule has 3 N–H and O–H groups in total. The van der Waals surface area contributed by atoms with Crippen molar-refractivity contribution in [1.82, 2.24) is 10.6 Å². The quantitative estimate of drug-likeness (QED) is 0.623. The number of hydrogen-bond acceptors (Lipinski definition) is 4. The molecule has 0 aromatic heterocycles. The molecule has 6 nitrogen and oxygen atoms in total. The van der Waals surface area contributed by atoms with E-state index >= 15 is 0 Å². The van der Waals surface area contributed by atoms with Gasteiger partial charge in [0.2, 0.25) is 11.8 Å². The molecule has 2 amide bonds. The number of nitrogens with one attached hydrogen (secondary N) is 2. The van der Waals surface area contributed by atoms with Crippen LogP contribution < -0.4 is 15.4 Å². The van der Waals surface area contributed by atoms with Crippen molar-refractivity contribution < 1.29 is 19.4 Å². The van der Waals surface area contributed by atoms with E-state index in [0.717, 1.165) is 24.2 Å². The highest BCUT2D eigenvalue weighted by Gasteiger charge is 2.39. The molecule has 0 heterocycles. The van der Waals surface area contributed by atoms with Crippen LogP contribution in [0.2, 0.25) is 0 Å². The van der Waals surface area contributed by atoms with Gasteiger partial charge in [-0.25, -0.2) is 0 Å². The van der Waals surface area contributed by atoms with Gasteiger partial charge in [0.25, 0.3) is 0 Å². The number of carbonyl (C=O) groups is 2. The predicted octanol–water partition coefficient (Wildman–Crippen LogP) is 1.14. The standard InChI is InChI=1S/C18H24N2O4/c1-18(23,14-5-6-14)12-20-17(22)10-9-16(21)19-11-13-3-7-15(24-2)8-4-13/h3-4,7-10,14,23H,5-6,11-12H2,1-2H3,(H,19,21)(H,20,22). The highest BCUT2D eigenvalue weighted by molar-refractivity contribution is 5.96. The minimum absolute atomic E-state index is 0.189. The molecular weight excluding hydrogens is 308 g/mol. The lowest BCUT2D eigenvalue weighted by atomic mass is 10.0. The second-order valence-corrected chi connectivity index (χ2v) is 6.25. The van der Waals surface area contributed by atoms with Gasteiger partial charge in [-0.05, 0) is 43.4 Å². The zero-order chi connectivity index (χ0) is 17.6. The van der Waals surface area contributed by atoms with Gasteiger partial charge in [0.15, 0.2) is 0 Å². The van der Waals surface area contributed by atoms with E-state index < -0.39 is 11.5 Å². The van der Waals surface area contributed by atoms with Gasteiger partial charge < -0.3 is 20.5 Å². The fourth-order valence-electron chi connectivity index (χ4n) is 2.32. The van der Waals surface area contributed by atoms with Crippen molar-refractivity contribution in [3.05, 3.63) is 42.0 Å². The molecule has 6 heteroatoms. The number of methoxy groups -OCH3 is 1. The Morgan fingerprint density at radius 1 is 1.21 bits per heavy atom. The van der Waals surface area contributed by atoms with Gasteiger partial charge in [0.1, 0.15) is 5.75 Å². The first-order valence-electron chi connectivity index (χ1n) is 8.00. The number of ether oxygens (including phenoxy) is 1. The van der Waals surface area contributed by atoms with Gasteiger partial charge in [0.05, 0.1) is 12.7 Å². The molecule has 0 spiro atoms. The lowest BCUT2D eigenvalue weighted by molar-refractivity contribution is -0.119. The van der Waals surface area contributed by atoms with Crippen molar-refractivity contribution in [2.24, 2.45) is 5.92 Å². The number of carbonyl (C=O) groups excluding carboxylic acids is 2. The van der Waals surface area contributed by atoms with E-state index in [9.17, 15) is 14.7 Å². The van der Waals surface area contributed by atoms with Crippen LogP contribution in [-0.4, -0.2) is 36.2 Å². The van der Waals surface area contributed by atoms with Crippen molar-refractivity contribution in [3.8, 4) is 5.75 Å². The number of hydrogen-bond donors (Lipinski definition) is 3. The van der Waals surface area contributed by atoms with Gasteiger partial charge in [-0.2, -0.15) is 0 Å². The molecule has 1 unspecified atom stereocenters. The Kier molecular flexibility index (Phi) is 5.98. The van der Waals surface area contributed by atoms with Crippen LogP contribution in [0.4, 0.5) is 0 Å². The Bertz CT molecular complexity index is 604. The minimum Gasteiger partial charge on any atom is -0.497 e. The zero-order valence-corrected chi connectivity index (χ0v) is 14.0. The third-order valence-corrected chi connectivity index (χ3v) is 4.09. The largest absolute Gasteiger partial charge is 0.497 e. The van der Waals surface area contributed by atoms with Gasteiger partial charge in [-0.1, -0.05) is 12.1 Å². The van der Waals surface area contributed by atoms with E-state index in [-0.39, 0.29) is 18.4 Å². The molecule has 0 aliphatic heterocycles. The second kappa shape index (κ2) is 7.97. The molecule has 0 bridgehead atoms. The van der Waals surface area contributed by atoms with Crippen LogP contribution in [0.3, 0.4) is 0 Å². The zero-order valence-electron chi connectivity index (χ0n) is 14.0. The summed E-state index contributed by atoms with van der Waals surface area (Å²) in [7, 11) is 1.59. The molecule has 1 saturated carbocycles. The Balaban J connectivity index is 1.70. The number of rotatable bonds is 8. The van der Waals surface area contributed by atoms with Crippen LogP contribution >= 0.6 is 0 Å². The Hall–Kier alpha value is -2.34. The number of benzene rings is 1. The summed E-state index contributed by atoms with van der Waals surface area (Å²) in [6.45, 7) is 2.27. The molecule has 0 radical (unpaired) electrons. The van der Waals surface area contributed by atoms with Crippen LogP contribution in [0.5, 0.6) is 5.75 Å². The van der Waals surface area contributed by atoms with E-state index in [1.807, 2.05) is 24.3 Å². The maximum absolute atomic E-state index is 11.7. The summed E-state index contributed by atoms with van der Waals surface area (Å²) in [5.74, 6) is 0.267. The molecule has 1 fully saturated rings. The Morgan fingerprint density at radius 3 is 2.33 bits per heavy atom. The second-order valence-electron chi connectivity index (χ2n) is 6.25. The van der Waals surface area contributed by atoms with E-state index in [1.54, 1.807) is 14.0 Å². The molecule has 24 heavy (non-hydrogen) atoms. The molecule has 1 aromatic carbocycles. The Labute approximate surface area is 141 Å². The van der Waals surface area contributed by atoms with Crippen molar-refractivity contribution in [2.75, 3.05) is 13.7 Å². The predicted molar refractivity (Wildman–Crippen MR) is 90.3 cm³/mol. The fraction of sp³-hybridized carbons (Fsp3) is 0.444. The highest BCUT2D eigenvalue weighted by Crippen LogP contribution is 2.38. The maximum atomic E-state index is 11.7. The van der Waals surface area contributed by atoms with Crippen molar-refractivity contribution in [1.29, 1.82) is 0 Å². The van der Waals surface area contributed by atoms with Crippen LogP contribution in [0.15, 0.2) is 36.4 Å². The summed E-state index contributed by atoms with van der Waals surface area (Å²) >= 11 is 0. The van der Waals surface area contributed by atoms with Crippen LogP contribution in [0.1, 0.15) is 25.3 Å². The van der Waals surface area contributed by atoms with Crippen LogP contribution in [0, 0.1) is 5.92 Å². The lowest BCUT2D eigenvalue weighted by Crippen LogP contribution is -2.41. The first-order valence-corrected chi connectivity index (χ1v) is 8.00. The van der Waals surface area contributed by atoms with E-state index in [1.165, 1.54) is 12.2 Å². The minimum atomic E-state index is -0.875. The third-order valence-electron chi connectivity index (χ3n) is 4.09. The summed E-state index contributed by atoms with van der Waals surface area (Å²) in [6.07, 6.45) is 4.34. The highest BCUT2D eigenvalue weighted by atomic mass is 16.5. The van der Waals surface area contributed by atoms with Crippen molar-refractivity contribution in [3.63, 3.8) is 0 Å². The number of amides is 2. The lowest BCUT2D eigenvalue weighted by Gasteiger charge is -2.22. The molecule has 1 aliphatic carbocycles. The van der Waals surface area contributed by atoms with Crippen LogP contribution in [-0.2, 0) is 16.1 Å². The molecule has 130 valence electrons.